The number of amides is 1. The Morgan fingerprint density at radius 1 is 1.19 bits per heavy atom. The maximum atomic E-state index is 13.2. The van der Waals surface area contributed by atoms with Gasteiger partial charge < -0.3 is 10.6 Å². The third-order valence-electron chi connectivity index (χ3n) is 5.59. The van der Waals surface area contributed by atoms with Crippen LogP contribution in [0.4, 0.5) is 0 Å². The van der Waals surface area contributed by atoms with Gasteiger partial charge in [-0.15, -0.1) is 24.8 Å². The number of hydrogen-bond donors (Lipinski definition) is 1. The molecule has 1 saturated carbocycles. The van der Waals surface area contributed by atoms with Crippen molar-refractivity contribution < 1.29 is 4.79 Å². The first-order valence-corrected chi connectivity index (χ1v) is 9.56. The number of nitrogens with two attached hydrogens (primary N) is 1. The molecular weight excluding hydrogens is 405 g/mol. The normalized spacial score (nSPS) is 18.6. The number of piperidine rings is 1. The minimum atomic E-state index is 0. The first kappa shape index (κ1) is 22.2. The Morgan fingerprint density at radius 3 is 2.44 bits per heavy atom. The Bertz CT molecular complexity index is 815. The zero-order chi connectivity index (χ0) is 17.6. The van der Waals surface area contributed by atoms with E-state index in [-0.39, 0.29) is 36.8 Å². The summed E-state index contributed by atoms with van der Waals surface area (Å²) in [6.07, 6.45) is 4.28. The molecule has 1 aromatic heterocycles. The highest BCUT2D eigenvalue weighted by molar-refractivity contribution is 6.31. The highest BCUT2D eigenvalue weighted by Crippen LogP contribution is 2.40. The molecule has 1 aromatic carbocycles. The van der Waals surface area contributed by atoms with Crippen LogP contribution < -0.4 is 5.73 Å². The Balaban J connectivity index is 0.00000131. The van der Waals surface area contributed by atoms with Gasteiger partial charge in [0.25, 0.3) is 5.91 Å². The van der Waals surface area contributed by atoms with E-state index in [2.05, 4.69) is 6.92 Å². The molecule has 1 aliphatic heterocycles. The monoisotopic (exact) mass is 429 g/mol. The number of rotatable bonds is 3. The van der Waals surface area contributed by atoms with Crippen molar-refractivity contribution in [2.45, 2.75) is 44.6 Å². The summed E-state index contributed by atoms with van der Waals surface area (Å²) in [5.74, 6) is 1.12. The summed E-state index contributed by atoms with van der Waals surface area (Å²) in [4.78, 5) is 19.9. The summed E-state index contributed by atoms with van der Waals surface area (Å²) in [6, 6.07) is 7.82. The van der Waals surface area contributed by atoms with Crippen LogP contribution in [0.5, 0.6) is 0 Å². The van der Waals surface area contributed by atoms with Crippen LogP contribution in [-0.2, 0) is 0 Å². The molecule has 0 bridgehead atoms. The quantitative estimate of drug-likeness (QED) is 0.760. The second-order valence-corrected chi connectivity index (χ2v) is 7.96. The number of carbonyl (C=O) groups is 1. The van der Waals surface area contributed by atoms with Crippen LogP contribution in [0.25, 0.3) is 10.9 Å². The Morgan fingerprint density at radius 2 is 1.85 bits per heavy atom. The van der Waals surface area contributed by atoms with Crippen LogP contribution >= 0.6 is 36.4 Å². The lowest BCUT2D eigenvalue weighted by molar-refractivity contribution is 0.0683. The first-order chi connectivity index (χ1) is 12.0. The van der Waals surface area contributed by atoms with Crippen molar-refractivity contribution in [2.24, 2.45) is 11.7 Å². The van der Waals surface area contributed by atoms with E-state index >= 15 is 0 Å². The fourth-order valence-electron chi connectivity index (χ4n) is 3.78. The predicted molar refractivity (Wildman–Crippen MR) is 116 cm³/mol. The molecule has 1 atom stereocenters. The standard InChI is InChI=1S/C20H24ClN3O.2ClH/c1-12(22)13-6-8-24(9-7-13)20(25)17-11-19(14-2-3-14)23-18-5-4-15(21)10-16(17)18;;/h4-5,10-14H,2-3,6-9,22H2,1H3;2*1H. The molecule has 148 valence electrons. The number of aromatic nitrogens is 1. The van der Waals surface area contributed by atoms with E-state index in [0.29, 0.717) is 16.9 Å². The van der Waals surface area contributed by atoms with E-state index in [9.17, 15) is 4.79 Å². The van der Waals surface area contributed by atoms with E-state index in [1.165, 1.54) is 12.8 Å². The third-order valence-corrected chi connectivity index (χ3v) is 5.82. The predicted octanol–water partition coefficient (Wildman–Crippen LogP) is 4.81. The number of likely N-dealkylation sites (tertiary alicyclic amines) is 1. The van der Waals surface area contributed by atoms with Gasteiger partial charge in [-0.05, 0) is 62.8 Å². The number of hydrogen-bond acceptors (Lipinski definition) is 3. The van der Waals surface area contributed by atoms with Crippen LogP contribution in [0.1, 0.15) is 54.6 Å². The molecule has 4 rings (SSSR count). The lowest BCUT2D eigenvalue weighted by Gasteiger charge is -2.34. The summed E-state index contributed by atoms with van der Waals surface area (Å²) in [7, 11) is 0. The number of nitrogens with zero attached hydrogens (tertiary/aromatic N) is 2. The Hall–Kier alpha value is -1.07. The third kappa shape index (κ3) is 4.68. The molecule has 2 N–H and O–H groups in total. The topological polar surface area (TPSA) is 59.2 Å². The van der Waals surface area contributed by atoms with Crippen molar-refractivity contribution in [3.05, 3.63) is 40.5 Å². The van der Waals surface area contributed by atoms with Crippen LogP contribution in [0.15, 0.2) is 24.3 Å². The van der Waals surface area contributed by atoms with Crippen LogP contribution in [0.2, 0.25) is 5.02 Å². The fourth-order valence-corrected chi connectivity index (χ4v) is 3.95. The molecule has 4 nitrogen and oxygen atoms in total. The highest BCUT2D eigenvalue weighted by atomic mass is 35.5. The summed E-state index contributed by atoms with van der Waals surface area (Å²) in [5.41, 5.74) is 8.68. The van der Waals surface area contributed by atoms with Gasteiger partial charge in [-0.3, -0.25) is 9.78 Å². The highest BCUT2D eigenvalue weighted by Gasteiger charge is 2.30. The molecule has 2 aliphatic rings. The largest absolute Gasteiger partial charge is 0.339 e. The molecule has 1 unspecified atom stereocenters. The van der Waals surface area contributed by atoms with Gasteiger partial charge in [0, 0.05) is 41.2 Å². The summed E-state index contributed by atoms with van der Waals surface area (Å²) < 4.78 is 0. The van der Waals surface area contributed by atoms with Gasteiger partial charge >= 0.3 is 0 Å². The van der Waals surface area contributed by atoms with Gasteiger partial charge in [-0.25, -0.2) is 0 Å². The second kappa shape index (κ2) is 8.95. The van der Waals surface area contributed by atoms with E-state index < -0.39 is 0 Å². The van der Waals surface area contributed by atoms with Gasteiger partial charge in [0.2, 0.25) is 0 Å². The zero-order valence-electron chi connectivity index (χ0n) is 15.4. The number of halogens is 3. The maximum Gasteiger partial charge on any atom is 0.254 e. The SMILES string of the molecule is CC(N)C1CCN(C(=O)c2cc(C3CC3)nc3ccc(Cl)cc23)CC1.Cl.Cl. The van der Waals surface area contributed by atoms with Crippen molar-refractivity contribution in [1.29, 1.82) is 0 Å². The molecule has 1 aliphatic carbocycles. The fraction of sp³-hybridized carbons (Fsp3) is 0.500. The molecule has 2 heterocycles. The van der Waals surface area contributed by atoms with Gasteiger partial charge in [0.05, 0.1) is 11.1 Å². The number of benzene rings is 1. The molecule has 7 heteroatoms. The van der Waals surface area contributed by atoms with Crippen molar-refractivity contribution >= 4 is 53.2 Å². The molecule has 2 fully saturated rings. The van der Waals surface area contributed by atoms with Crippen molar-refractivity contribution in [3.8, 4) is 0 Å². The van der Waals surface area contributed by atoms with E-state index in [1.54, 1.807) is 0 Å². The average molecular weight is 431 g/mol. The van der Waals surface area contributed by atoms with Crippen molar-refractivity contribution in [2.75, 3.05) is 13.1 Å². The minimum absolute atomic E-state index is 0. The minimum Gasteiger partial charge on any atom is -0.339 e. The molecule has 1 saturated heterocycles. The summed E-state index contributed by atoms with van der Waals surface area (Å²) >= 11 is 6.18. The van der Waals surface area contributed by atoms with Gasteiger partial charge in [-0.1, -0.05) is 11.6 Å². The van der Waals surface area contributed by atoms with Crippen LogP contribution in [0, 0.1) is 5.92 Å². The van der Waals surface area contributed by atoms with Crippen molar-refractivity contribution in [1.82, 2.24) is 9.88 Å². The van der Waals surface area contributed by atoms with Gasteiger partial charge in [0.15, 0.2) is 0 Å². The molecule has 1 amide bonds. The molecule has 0 spiro atoms. The smallest absolute Gasteiger partial charge is 0.254 e. The van der Waals surface area contributed by atoms with Crippen LogP contribution in [-0.4, -0.2) is 34.9 Å². The average Bonchev–Trinajstić information content (AvgIpc) is 3.45. The molecule has 2 aromatic rings. The van der Waals surface area contributed by atoms with E-state index in [4.69, 9.17) is 22.3 Å². The lowest BCUT2D eigenvalue weighted by Crippen LogP contribution is -2.42. The van der Waals surface area contributed by atoms with E-state index in [1.807, 2.05) is 29.2 Å². The van der Waals surface area contributed by atoms with Crippen LogP contribution in [0.3, 0.4) is 0 Å². The number of fused-ring (bicyclic) bond motifs is 1. The first-order valence-electron chi connectivity index (χ1n) is 9.18. The van der Waals surface area contributed by atoms with Gasteiger partial charge in [-0.2, -0.15) is 0 Å². The van der Waals surface area contributed by atoms with Gasteiger partial charge in [0.1, 0.15) is 0 Å². The maximum absolute atomic E-state index is 13.2. The molecule has 0 radical (unpaired) electrons. The summed E-state index contributed by atoms with van der Waals surface area (Å²) in [6.45, 7) is 3.60. The summed E-state index contributed by atoms with van der Waals surface area (Å²) in [5, 5.41) is 1.49. The molecule has 27 heavy (non-hydrogen) atoms. The zero-order valence-corrected chi connectivity index (χ0v) is 17.7. The van der Waals surface area contributed by atoms with E-state index in [0.717, 1.165) is 48.1 Å². The Kier molecular flexibility index (Phi) is 7.37. The Labute approximate surface area is 177 Å². The molecular formula is C20H26Cl3N3O. The van der Waals surface area contributed by atoms with Crippen molar-refractivity contribution in [3.63, 3.8) is 0 Å². The second-order valence-electron chi connectivity index (χ2n) is 7.52. The lowest BCUT2D eigenvalue weighted by atomic mass is 9.90. The number of carbonyl (C=O) groups excluding carboxylic acids is 1. The number of pyridine rings is 1.